The van der Waals surface area contributed by atoms with Crippen LogP contribution in [0.15, 0.2) is 88.7 Å². The highest BCUT2D eigenvalue weighted by molar-refractivity contribution is 8.18. The van der Waals surface area contributed by atoms with Gasteiger partial charge >= 0.3 is 10.1 Å². The number of nitro groups is 1. The molecule has 1 fully saturated rings. The molecule has 4 rings (SSSR count). The van der Waals surface area contributed by atoms with Crippen LogP contribution in [0.4, 0.5) is 10.5 Å². The number of rotatable bonds is 7. The number of carbonyl (C=O) groups is 2. The second-order valence-corrected chi connectivity index (χ2v) is 9.61. The molecule has 0 radical (unpaired) electrons. The van der Waals surface area contributed by atoms with E-state index in [4.69, 9.17) is 4.18 Å². The minimum Gasteiger partial charge on any atom is -0.379 e. The molecule has 0 aliphatic carbocycles. The predicted octanol–water partition coefficient (Wildman–Crippen LogP) is 4.60. The van der Waals surface area contributed by atoms with Crippen molar-refractivity contribution in [3.05, 3.63) is 105 Å². The molecule has 0 atom stereocenters. The Labute approximate surface area is 198 Å². The molecule has 0 saturated carbocycles. The summed E-state index contributed by atoms with van der Waals surface area (Å²) in [5, 5.41) is 10.7. The Morgan fingerprint density at radius 3 is 2.26 bits per heavy atom. The van der Waals surface area contributed by atoms with Crippen molar-refractivity contribution in [3.63, 3.8) is 0 Å². The van der Waals surface area contributed by atoms with Crippen molar-refractivity contribution in [2.45, 2.75) is 11.4 Å². The predicted molar refractivity (Wildman–Crippen MR) is 125 cm³/mol. The number of nitrogens with zero attached hydrogens (tertiary/aromatic N) is 2. The minimum absolute atomic E-state index is 0.0198. The number of amides is 2. The minimum atomic E-state index is -3.98. The van der Waals surface area contributed by atoms with Crippen LogP contribution in [0.2, 0.25) is 0 Å². The maximum atomic E-state index is 12.8. The number of carbonyl (C=O) groups excluding carboxylic acids is 2. The molecule has 0 unspecified atom stereocenters. The zero-order chi connectivity index (χ0) is 24.3. The van der Waals surface area contributed by atoms with Crippen molar-refractivity contribution in [3.8, 4) is 5.75 Å². The second kappa shape index (κ2) is 9.49. The first kappa shape index (κ1) is 23.2. The molecule has 0 aromatic heterocycles. The van der Waals surface area contributed by atoms with E-state index < -0.39 is 26.2 Å². The average molecular weight is 497 g/mol. The first-order valence-corrected chi connectivity index (χ1v) is 12.0. The third kappa shape index (κ3) is 5.00. The van der Waals surface area contributed by atoms with Gasteiger partial charge in [0.1, 0.15) is 10.6 Å². The Balaban J connectivity index is 1.49. The fourth-order valence-corrected chi connectivity index (χ4v) is 4.95. The van der Waals surface area contributed by atoms with Crippen LogP contribution in [-0.4, -0.2) is 29.4 Å². The fourth-order valence-electron chi connectivity index (χ4n) is 3.16. The lowest BCUT2D eigenvalue weighted by atomic mass is 10.1. The maximum Gasteiger partial charge on any atom is 0.339 e. The summed E-state index contributed by atoms with van der Waals surface area (Å²) < 4.78 is 29.8. The molecule has 34 heavy (non-hydrogen) atoms. The van der Waals surface area contributed by atoms with Gasteiger partial charge in [-0.3, -0.25) is 24.6 Å². The smallest absolute Gasteiger partial charge is 0.339 e. The van der Waals surface area contributed by atoms with Gasteiger partial charge in [0.15, 0.2) is 0 Å². The first-order chi connectivity index (χ1) is 16.2. The maximum absolute atomic E-state index is 12.8. The molecule has 0 spiro atoms. The molecule has 0 N–H and O–H groups in total. The molecule has 1 heterocycles. The van der Waals surface area contributed by atoms with E-state index in [1.807, 2.05) is 0 Å². The molecular formula is C23H16N2O7S2. The van der Waals surface area contributed by atoms with Crippen molar-refractivity contribution >= 4 is 44.8 Å². The van der Waals surface area contributed by atoms with Crippen molar-refractivity contribution in [1.82, 2.24) is 4.90 Å². The molecular weight excluding hydrogens is 480 g/mol. The van der Waals surface area contributed by atoms with Gasteiger partial charge in [-0.05, 0) is 47.7 Å². The topological polar surface area (TPSA) is 124 Å². The normalized spacial score (nSPS) is 15.1. The summed E-state index contributed by atoms with van der Waals surface area (Å²) in [4.78, 5) is 36.9. The Morgan fingerprint density at radius 1 is 0.941 bits per heavy atom. The SMILES string of the molecule is O=C1S/C(=C\c2ccc(OS(=O)(=O)c3ccccc3)cc2)C(=O)N1Cc1ccccc1[N+](=O)[O-]. The van der Waals surface area contributed by atoms with Crippen LogP contribution >= 0.6 is 11.8 Å². The van der Waals surface area contributed by atoms with Gasteiger partial charge in [0, 0.05) is 11.6 Å². The van der Waals surface area contributed by atoms with Crippen molar-refractivity contribution in [1.29, 1.82) is 0 Å². The number of hydrogen-bond donors (Lipinski definition) is 0. The van der Waals surface area contributed by atoms with E-state index in [1.165, 1.54) is 48.5 Å². The van der Waals surface area contributed by atoms with Gasteiger partial charge in [0.05, 0.1) is 16.4 Å². The van der Waals surface area contributed by atoms with Crippen LogP contribution in [0.25, 0.3) is 6.08 Å². The summed E-state index contributed by atoms with van der Waals surface area (Å²) in [6.45, 7) is -0.219. The first-order valence-electron chi connectivity index (χ1n) is 9.82. The Hall–Kier alpha value is -3.96. The number of thioether (sulfide) groups is 1. The molecule has 3 aromatic rings. The van der Waals surface area contributed by atoms with E-state index in [0.717, 1.165) is 16.7 Å². The van der Waals surface area contributed by atoms with Crippen LogP contribution in [-0.2, 0) is 21.5 Å². The van der Waals surface area contributed by atoms with E-state index in [0.29, 0.717) is 5.56 Å². The summed E-state index contributed by atoms with van der Waals surface area (Å²) in [5.74, 6) is -0.481. The van der Waals surface area contributed by atoms with Crippen LogP contribution in [0, 0.1) is 10.1 Å². The molecule has 2 amide bonds. The van der Waals surface area contributed by atoms with Gasteiger partial charge in [-0.15, -0.1) is 0 Å². The zero-order valence-electron chi connectivity index (χ0n) is 17.4. The van der Waals surface area contributed by atoms with Gasteiger partial charge in [0.25, 0.3) is 16.8 Å². The molecule has 9 nitrogen and oxygen atoms in total. The monoisotopic (exact) mass is 496 g/mol. The van der Waals surface area contributed by atoms with Crippen LogP contribution in [0.5, 0.6) is 5.75 Å². The van der Waals surface area contributed by atoms with E-state index >= 15 is 0 Å². The number of nitro benzene ring substituents is 1. The van der Waals surface area contributed by atoms with Gasteiger partial charge < -0.3 is 4.18 Å². The summed E-state index contributed by atoms with van der Waals surface area (Å²) in [6, 6.07) is 19.6. The number of benzene rings is 3. The molecule has 3 aromatic carbocycles. The molecule has 11 heteroatoms. The summed E-state index contributed by atoms with van der Waals surface area (Å²) in [5.41, 5.74) is 0.615. The number of para-hydroxylation sites is 1. The molecule has 1 aliphatic rings. The quantitative estimate of drug-likeness (QED) is 0.201. The Kier molecular flexibility index (Phi) is 6.48. The third-order valence-electron chi connectivity index (χ3n) is 4.81. The van der Waals surface area contributed by atoms with E-state index in [1.54, 1.807) is 36.4 Å². The standard InChI is InChI=1S/C23H16N2O7S2/c26-22-21(33-23(27)24(22)15-17-6-4-5-9-20(17)25(28)29)14-16-10-12-18(13-11-16)32-34(30,31)19-7-2-1-3-8-19/h1-14H,15H2/b21-14-. The van der Waals surface area contributed by atoms with E-state index in [-0.39, 0.29) is 33.3 Å². The molecule has 1 aliphatic heterocycles. The van der Waals surface area contributed by atoms with Gasteiger partial charge in [-0.25, -0.2) is 0 Å². The summed E-state index contributed by atoms with van der Waals surface area (Å²) in [7, 11) is -3.98. The van der Waals surface area contributed by atoms with Crippen LogP contribution in [0.1, 0.15) is 11.1 Å². The highest BCUT2D eigenvalue weighted by Crippen LogP contribution is 2.34. The number of imide groups is 1. The highest BCUT2D eigenvalue weighted by Gasteiger charge is 2.36. The summed E-state index contributed by atoms with van der Waals surface area (Å²) >= 11 is 0.723. The summed E-state index contributed by atoms with van der Waals surface area (Å²) in [6.07, 6.45) is 1.49. The Morgan fingerprint density at radius 2 is 1.59 bits per heavy atom. The molecule has 172 valence electrons. The van der Waals surface area contributed by atoms with Crippen LogP contribution in [0.3, 0.4) is 0 Å². The van der Waals surface area contributed by atoms with E-state index in [9.17, 15) is 28.1 Å². The van der Waals surface area contributed by atoms with E-state index in [2.05, 4.69) is 0 Å². The van der Waals surface area contributed by atoms with Crippen molar-refractivity contribution < 1.29 is 27.1 Å². The third-order valence-corrected chi connectivity index (χ3v) is 6.97. The van der Waals surface area contributed by atoms with Gasteiger partial charge in [-0.2, -0.15) is 8.42 Å². The lowest BCUT2D eigenvalue weighted by molar-refractivity contribution is -0.385. The fraction of sp³-hybridized carbons (Fsp3) is 0.0435. The average Bonchev–Trinajstić information content (AvgIpc) is 3.08. The van der Waals surface area contributed by atoms with Crippen molar-refractivity contribution in [2.24, 2.45) is 0 Å². The van der Waals surface area contributed by atoms with Gasteiger partial charge in [0.2, 0.25) is 0 Å². The van der Waals surface area contributed by atoms with Gasteiger partial charge in [-0.1, -0.05) is 48.5 Å². The van der Waals surface area contributed by atoms with Crippen LogP contribution < -0.4 is 4.18 Å². The zero-order valence-corrected chi connectivity index (χ0v) is 19.0. The lowest BCUT2D eigenvalue weighted by Crippen LogP contribution is -2.27. The number of hydrogen-bond acceptors (Lipinski definition) is 8. The highest BCUT2D eigenvalue weighted by atomic mass is 32.2. The Bertz CT molecular complexity index is 1400. The largest absolute Gasteiger partial charge is 0.379 e. The molecule has 0 bridgehead atoms. The second-order valence-electron chi connectivity index (χ2n) is 7.07. The lowest BCUT2D eigenvalue weighted by Gasteiger charge is -2.12. The van der Waals surface area contributed by atoms with Crippen molar-refractivity contribution in [2.75, 3.05) is 0 Å². The molecule has 1 saturated heterocycles.